The largest absolute Gasteiger partial charge is 0.346 e. The van der Waals surface area contributed by atoms with Crippen molar-refractivity contribution in [2.75, 3.05) is 0 Å². The Morgan fingerprint density at radius 1 is 1.08 bits per heavy atom. The van der Waals surface area contributed by atoms with Gasteiger partial charge in [0, 0.05) is 34.9 Å². The number of pyridine rings is 1. The summed E-state index contributed by atoms with van der Waals surface area (Å²) in [6.07, 6.45) is 10.6. The van der Waals surface area contributed by atoms with Crippen molar-refractivity contribution in [3.63, 3.8) is 0 Å². The van der Waals surface area contributed by atoms with E-state index in [1.165, 1.54) is 65.2 Å². The predicted octanol–water partition coefficient (Wildman–Crippen LogP) is 6.00. The van der Waals surface area contributed by atoms with E-state index < -0.39 is 0 Å². The lowest BCUT2D eigenvalue weighted by Gasteiger charge is -2.27. The van der Waals surface area contributed by atoms with Gasteiger partial charge in [-0.1, -0.05) is 43.0 Å². The Morgan fingerprint density at radius 2 is 1.96 bits per heavy atom. The van der Waals surface area contributed by atoms with Gasteiger partial charge in [0.15, 0.2) is 0 Å². The van der Waals surface area contributed by atoms with Gasteiger partial charge in [-0.05, 0) is 43.5 Å². The minimum atomic E-state index is 0.585. The highest BCUT2D eigenvalue weighted by Crippen LogP contribution is 2.39. The monoisotopic (exact) mass is 329 g/mol. The fourth-order valence-electron chi connectivity index (χ4n) is 4.47. The molecule has 1 N–H and O–H groups in total. The molecule has 3 heteroatoms. The molecular formula is C22H23N3. The molecule has 3 aromatic heterocycles. The van der Waals surface area contributed by atoms with E-state index in [9.17, 15) is 0 Å². The number of fused-ring (bicyclic) bond motifs is 3. The van der Waals surface area contributed by atoms with Crippen LogP contribution in [0.2, 0.25) is 0 Å². The fraction of sp³-hybridized carbons (Fsp3) is 0.318. The van der Waals surface area contributed by atoms with E-state index in [1.54, 1.807) is 0 Å². The van der Waals surface area contributed by atoms with Crippen molar-refractivity contribution in [3.05, 3.63) is 54.4 Å². The molecular weight excluding hydrogens is 306 g/mol. The van der Waals surface area contributed by atoms with E-state index in [1.807, 2.05) is 12.4 Å². The van der Waals surface area contributed by atoms with Crippen molar-refractivity contribution in [2.45, 2.75) is 45.1 Å². The number of nitrogens with zero attached hydrogens (tertiary/aromatic N) is 2. The topological polar surface area (TPSA) is 33.6 Å². The van der Waals surface area contributed by atoms with Crippen LogP contribution in [0.4, 0.5) is 0 Å². The predicted molar refractivity (Wildman–Crippen MR) is 104 cm³/mol. The summed E-state index contributed by atoms with van der Waals surface area (Å²) >= 11 is 0. The van der Waals surface area contributed by atoms with Gasteiger partial charge in [-0.15, -0.1) is 0 Å². The number of hydrogen-bond donors (Lipinski definition) is 1. The first-order chi connectivity index (χ1) is 12.3. The summed E-state index contributed by atoms with van der Waals surface area (Å²) in [5, 5.41) is 2.48. The van der Waals surface area contributed by atoms with Gasteiger partial charge in [-0.2, -0.15) is 0 Å². The van der Waals surface area contributed by atoms with Crippen molar-refractivity contribution >= 4 is 21.9 Å². The molecule has 0 amide bonds. The van der Waals surface area contributed by atoms with Gasteiger partial charge >= 0.3 is 0 Å². The molecule has 1 aliphatic rings. The van der Waals surface area contributed by atoms with Crippen molar-refractivity contribution in [1.82, 2.24) is 14.5 Å². The van der Waals surface area contributed by atoms with Crippen LogP contribution in [-0.2, 0) is 0 Å². The second-order valence-electron chi connectivity index (χ2n) is 7.36. The maximum absolute atomic E-state index is 4.61. The third-order valence-electron chi connectivity index (χ3n) is 5.63. The van der Waals surface area contributed by atoms with Crippen LogP contribution < -0.4 is 0 Å². The van der Waals surface area contributed by atoms with Crippen LogP contribution in [0.1, 0.15) is 43.7 Å². The quantitative estimate of drug-likeness (QED) is 0.481. The Hall–Kier alpha value is -2.55. The summed E-state index contributed by atoms with van der Waals surface area (Å²) in [6, 6.07) is 14.0. The summed E-state index contributed by atoms with van der Waals surface area (Å²) in [5.74, 6) is 0. The van der Waals surface area contributed by atoms with Crippen LogP contribution in [0.3, 0.4) is 0 Å². The SMILES string of the molecule is Cc1cccc(-c2cc3cnc4[nH]ccc4c3n2C2CCCCC2)c1. The number of hydrogen-bond acceptors (Lipinski definition) is 1. The smallest absolute Gasteiger partial charge is 0.139 e. The molecule has 1 aliphatic carbocycles. The minimum absolute atomic E-state index is 0.585. The first-order valence-corrected chi connectivity index (χ1v) is 9.35. The van der Waals surface area contributed by atoms with E-state index in [2.05, 4.69) is 57.9 Å². The average molecular weight is 329 g/mol. The molecule has 1 fully saturated rings. The van der Waals surface area contributed by atoms with Gasteiger partial charge in [-0.3, -0.25) is 0 Å². The van der Waals surface area contributed by atoms with Gasteiger partial charge < -0.3 is 9.55 Å². The van der Waals surface area contributed by atoms with Crippen LogP contribution in [-0.4, -0.2) is 14.5 Å². The Morgan fingerprint density at radius 3 is 2.80 bits per heavy atom. The Kier molecular flexibility index (Phi) is 3.40. The second-order valence-corrected chi connectivity index (χ2v) is 7.36. The number of H-pyrrole nitrogens is 1. The van der Waals surface area contributed by atoms with E-state index in [4.69, 9.17) is 0 Å². The van der Waals surface area contributed by atoms with Crippen LogP contribution in [0.25, 0.3) is 33.2 Å². The first kappa shape index (κ1) is 14.8. The summed E-state index contributed by atoms with van der Waals surface area (Å²) in [5.41, 5.74) is 6.28. The van der Waals surface area contributed by atoms with E-state index in [-0.39, 0.29) is 0 Å². The zero-order chi connectivity index (χ0) is 16.8. The summed E-state index contributed by atoms with van der Waals surface area (Å²) in [4.78, 5) is 7.89. The summed E-state index contributed by atoms with van der Waals surface area (Å²) in [7, 11) is 0. The van der Waals surface area contributed by atoms with Gasteiger partial charge in [0.05, 0.1) is 5.52 Å². The molecule has 5 rings (SSSR count). The number of rotatable bonds is 2. The lowest BCUT2D eigenvalue weighted by molar-refractivity contribution is 0.363. The van der Waals surface area contributed by atoms with E-state index in [0.29, 0.717) is 6.04 Å². The molecule has 0 radical (unpaired) electrons. The molecule has 0 atom stereocenters. The summed E-state index contributed by atoms with van der Waals surface area (Å²) < 4.78 is 2.61. The molecule has 4 aromatic rings. The molecule has 3 nitrogen and oxygen atoms in total. The highest BCUT2D eigenvalue weighted by Gasteiger charge is 2.22. The molecule has 0 aliphatic heterocycles. The molecule has 3 heterocycles. The van der Waals surface area contributed by atoms with Gasteiger partial charge in [0.1, 0.15) is 5.65 Å². The van der Waals surface area contributed by atoms with E-state index >= 15 is 0 Å². The third kappa shape index (κ3) is 2.38. The Bertz CT molecular complexity index is 1050. The van der Waals surface area contributed by atoms with Crippen LogP contribution in [0.15, 0.2) is 48.8 Å². The number of aromatic amines is 1. The number of aromatic nitrogens is 3. The maximum atomic E-state index is 4.61. The lowest BCUT2D eigenvalue weighted by Crippen LogP contribution is -2.13. The number of nitrogens with one attached hydrogen (secondary N) is 1. The first-order valence-electron chi connectivity index (χ1n) is 9.35. The number of benzene rings is 1. The van der Waals surface area contributed by atoms with Gasteiger partial charge in [-0.25, -0.2) is 4.98 Å². The van der Waals surface area contributed by atoms with Crippen molar-refractivity contribution in [2.24, 2.45) is 0 Å². The van der Waals surface area contributed by atoms with E-state index in [0.717, 1.165) is 5.65 Å². The zero-order valence-electron chi connectivity index (χ0n) is 14.6. The highest BCUT2D eigenvalue weighted by molar-refractivity contribution is 6.05. The highest BCUT2D eigenvalue weighted by atomic mass is 15.0. The molecule has 0 saturated heterocycles. The van der Waals surface area contributed by atoms with Crippen LogP contribution in [0, 0.1) is 6.92 Å². The maximum Gasteiger partial charge on any atom is 0.139 e. The van der Waals surface area contributed by atoms with Crippen LogP contribution >= 0.6 is 0 Å². The van der Waals surface area contributed by atoms with Crippen molar-refractivity contribution in [1.29, 1.82) is 0 Å². The molecule has 0 spiro atoms. The average Bonchev–Trinajstić information content (AvgIpc) is 3.26. The number of aryl methyl sites for hydroxylation is 1. The minimum Gasteiger partial charge on any atom is -0.346 e. The molecule has 25 heavy (non-hydrogen) atoms. The lowest BCUT2D eigenvalue weighted by atomic mass is 9.94. The van der Waals surface area contributed by atoms with Gasteiger partial charge in [0.2, 0.25) is 0 Å². The van der Waals surface area contributed by atoms with Crippen molar-refractivity contribution < 1.29 is 0 Å². The fourth-order valence-corrected chi connectivity index (χ4v) is 4.47. The van der Waals surface area contributed by atoms with Gasteiger partial charge in [0.25, 0.3) is 0 Å². The molecule has 1 aromatic carbocycles. The molecule has 0 bridgehead atoms. The molecule has 126 valence electrons. The Labute approximate surface area is 147 Å². The second kappa shape index (κ2) is 5.76. The zero-order valence-corrected chi connectivity index (χ0v) is 14.6. The normalized spacial score (nSPS) is 16.0. The van der Waals surface area contributed by atoms with Crippen LogP contribution in [0.5, 0.6) is 0 Å². The van der Waals surface area contributed by atoms with Crippen molar-refractivity contribution in [3.8, 4) is 11.3 Å². The Balaban J connectivity index is 1.84. The third-order valence-corrected chi connectivity index (χ3v) is 5.63. The summed E-state index contributed by atoms with van der Waals surface area (Å²) in [6.45, 7) is 2.17. The molecule has 0 unspecified atom stereocenters. The standard InChI is InChI=1S/C22H23N3/c1-15-6-5-7-16(12-15)20-13-17-14-24-22-19(10-11-23-22)21(17)25(20)18-8-3-2-4-9-18/h5-7,10-14,18H,2-4,8-9H2,1H3,(H,23,24). The molecule has 1 saturated carbocycles.